The first-order valence-electron chi connectivity index (χ1n) is 7.26. The van der Waals surface area contributed by atoms with Gasteiger partial charge in [0.15, 0.2) is 0 Å². The Kier molecular flexibility index (Phi) is 6.29. The first-order chi connectivity index (χ1) is 11.2. The first-order valence-corrected chi connectivity index (χ1v) is 8.66. The van der Waals surface area contributed by atoms with Gasteiger partial charge in [0.05, 0.1) is 7.11 Å². The van der Waals surface area contributed by atoms with Crippen molar-refractivity contribution < 1.29 is 14.3 Å². The van der Waals surface area contributed by atoms with E-state index in [4.69, 9.17) is 4.74 Å². The Hall–Kier alpha value is -2.21. The maximum atomic E-state index is 12.4. The molecule has 1 amide bonds. The molecule has 1 atom stereocenters. The molecule has 122 valence electrons. The molecule has 1 N–H and O–H groups in total. The van der Waals surface area contributed by atoms with Gasteiger partial charge in [-0.2, -0.15) is 11.8 Å². The second-order valence-electron chi connectivity index (χ2n) is 4.97. The standard InChI is InChI=1S/C17H20N2O3S/c1-22-17(21)15(8-11-23-2)18-16(20)13-6-5-7-14(12-13)19-9-3-4-10-19/h3-7,9-10,12,15H,8,11H2,1-2H3,(H,18,20). The molecule has 2 rings (SSSR count). The Morgan fingerprint density at radius 1 is 1.26 bits per heavy atom. The summed E-state index contributed by atoms with van der Waals surface area (Å²) >= 11 is 1.62. The van der Waals surface area contributed by atoms with Crippen LogP contribution in [0.5, 0.6) is 0 Å². The number of hydrogen-bond donors (Lipinski definition) is 1. The Balaban J connectivity index is 2.12. The maximum Gasteiger partial charge on any atom is 0.328 e. The molecule has 0 saturated heterocycles. The Bertz CT molecular complexity index is 656. The van der Waals surface area contributed by atoms with Crippen LogP contribution >= 0.6 is 11.8 Å². The van der Waals surface area contributed by atoms with Crippen LogP contribution in [-0.2, 0) is 9.53 Å². The van der Waals surface area contributed by atoms with E-state index in [1.807, 2.05) is 47.5 Å². The zero-order valence-corrected chi connectivity index (χ0v) is 14.0. The van der Waals surface area contributed by atoms with Gasteiger partial charge in [0.25, 0.3) is 5.91 Å². The van der Waals surface area contributed by atoms with Crippen LogP contribution in [0.15, 0.2) is 48.8 Å². The van der Waals surface area contributed by atoms with Gasteiger partial charge >= 0.3 is 5.97 Å². The first kappa shape index (κ1) is 17.1. The van der Waals surface area contributed by atoms with Crippen molar-refractivity contribution in [1.82, 2.24) is 9.88 Å². The largest absolute Gasteiger partial charge is 0.467 e. The van der Waals surface area contributed by atoms with Crippen molar-refractivity contribution in [3.05, 3.63) is 54.4 Å². The number of benzene rings is 1. The van der Waals surface area contributed by atoms with Crippen LogP contribution in [0.1, 0.15) is 16.8 Å². The highest BCUT2D eigenvalue weighted by atomic mass is 32.2. The summed E-state index contributed by atoms with van der Waals surface area (Å²) in [5.74, 6) is 0.0631. The van der Waals surface area contributed by atoms with Crippen molar-refractivity contribution in [1.29, 1.82) is 0 Å². The lowest BCUT2D eigenvalue weighted by molar-refractivity contribution is -0.142. The molecule has 0 bridgehead atoms. The van der Waals surface area contributed by atoms with Crippen molar-refractivity contribution in [3.8, 4) is 5.69 Å². The summed E-state index contributed by atoms with van der Waals surface area (Å²) in [5, 5.41) is 2.76. The third kappa shape index (κ3) is 4.63. The smallest absolute Gasteiger partial charge is 0.328 e. The molecule has 5 nitrogen and oxygen atoms in total. The lowest BCUT2D eigenvalue weighted by Crippen LogP contribution is -2.41. The van der Waals surface area contributed by atoms with E-state index >= 15 is 0 Å². The van der Waals surface area contributed by atoms with E-state index in [0.717, 1.165) is 11.4 Å². The van der Waals surface area contributed by atoms with E-state index in [1.165, 1.54) is 7.11 Å². The molecule has 0 aliphatic carbocycles. The fourth-order valence-corrected chi connectivity index (χ4v) is 2.65. The summed E-state index contributed by atoms with van der Waals surface area (Å²) in [6.07, 6.45) is 6.31. The van der Waals surface area contributed by atoms with Gasteiger partial charge < -0.3 is 14.6 Å². The quantitative estimate of drug-likeness (QED) is 0.792. The molecule has 23 heavy (non-hydrogen) atoms. The van der Waals surface area contributed by atoms with Crippen LogP contribution in [0.2, 0.25) is 0 Å². The van der Waals surface area contributed by atoms with E-state index in [1.54, 1.807) is 23.9 Å². The number of rotatable bonds is 7. The minimum absolute atomic E-state index is 0.282. The number of aromatic nitrogens is 1. The number of nitrogens with one attached hydrogen (secondary N) is 1. The molecule has 0 aliphatic heterocycles. The van der Waals surface area contributed by atoms with Crippen molar-refractivity contribution >= 4 is 23.6 Å². The average molecular weight is 332 g/mol. The normalized spacial score (nSPS) is 11.7. The van der Waals surface area contributed by atoms with Gasteiger partial charge in [-0.05, 0) is 48.8 Å². The van der Waals surface area contributed by atoms with Gasteiger partial charge in [-0.3, -0.25) is 4.79 Å². The second kappa shape index (κ2) is 8.43. The fraction of sp³-hybridized carbons (Fsp3) is 0.294. The third-order valence-corrected chi connectivity index (χ3v) is 4.06. The Morgan fingerprint density at radius 3 is 2.65 bits per heavy atom. The Morgan fingerprint density at radius 2 is 2.00 bits per heavy atom. The van der Waals surface area contributed by atoms with Gasteiger partial charge in [0, 0.05) is 23.6 Å². The highest BCUT2D eigenvalue weighted by Gasteiger charge is 2.21. The molecule has 0 saturated carbocycles. The van der Waals surface area contributed by atoms with Gasteiger partial charge in [-0.1, -0.05) is 6.07 Å². The summed E-state index contributed by atoms with van der Waals surface area (Å²) in [5.41, 5.74) is 1.40. The summed E-state index contributed by atoms with van der Waals surface area (Å²) < 4.78 is 6.68. The highest BCUT2D eigenvalue weighted by molar-refractivity contribution is 7.98. The van der Waals surface area contributed by atoms with Gasteiger partial charge in [-0.15, -0.1) is 0 Å². The molecule has 6 heteroatoms. The van der Waals surface area contributed by atoms with Gasteiger partial charge in [-0.25, -0.2) is 4.79 Å². The van der Waals surface area contributed by atoms with Crippen LogP contribution in [-0.4, -0.2) is 41.6 Å². The lowest BCUT2D eigenvalue weighted by Gasteiger charge is -2.16. The van der Waals surface area contributed by atoms with Crippen LogP contribution in [0.3, 0.4) is 0 Å². The van der Waals surface area contributed by atoms with Gasteiger partial charge in [0.1, 0.15) is 6.04 Å². The fourth-order valence-electron chi connectivity index (χ4n) is 2.18. The summed E-state index contributed by atoms with van der Waals surface area (Å²) in [6.45, 7) is 0. The van der Waals surface area contributed by atoms with Crippen molar-refractivity contribution in [3.63, 3.8) is 0 Å². The molecule has 1 heterocycles. The highest BCUT2D eigenvalue weighted by Crippen LogP contribution is 2.12. The van der Waals surface area contributed by atoms with Crippen LogP contribution in [0, 0.1) is 0 Å². The minimum Gasteiger partial charge on any atom is -0.467 e. The molecule has 1 unspecified atom stereocenters. The number of ether oxygens (including phenoxy) is 1. The van der Waals surface area contributed by atoms with Crippen LogP contribution in [0.4, 0.5) is 0 Å². The molecule has 2 aromatic rings. The average Bonchev–Trinajstić information content (AvgIpc) is 3.12. The van der Waals surface area contributed by atoms with E-state index in [2.05, 4.69) is 5.32 Å². The molecular formula is C17H20N2O3S. The van der Waals surface area contributed by atoms with Crippen molar-refractivity contribution in [2.75, 3.05) is 19.1 Å². The van der Waals surface area contributed by atoms with Crippen LogP contribution < -0.4 is 5.32 Å². The SMILES string of the molecule is COC(=O)C(CCSC)NC(=O)c1cccc(-n2cccc2)c1. The molecule has 0 spiro atoms. The van der Waals surface area contributed by atoms with E-state index < -0.39 is 12.0 Å². The number of methoxy groups -OCH3 is 1. The van der Waals surface area contributed by atoms with E-state index in [0.29, 0.717) is 12.0 Å². The molecule has 1 aromatic carbocycles. The predicted octanol–water partition coefficient (Wildman–Crippen LogP) is 2.50. The van der Waals surface area contributed by atoms with Crippen LogP contribution in [0.25, 0.3) is 5.69 Å². The number of esters is 1. The summed E-state index contributed by atoms with van der Waals surface area (Å²) in [7, 11) is 1.33. The van der Waals surface area contributed by atoms with Gasteiger partial charge in [0.2, 0.25) is 0 Å². The van der Waals surface area contributed by atoms with E-state index in [-0.39, 0.29) is 5.91 Å². The topological polar surface area (TPSA) is 60.3 Å². The molecular weight excluding hydrogens is 312 g/mol. The van der Waals surface area contributed by atoms with Crippen molar-refractivity contribution in [2.24, 2.45) is 0 Å². The molecule has 0 aliphatic rings. The number of carbonyl (C=O) groups excluding carboxylic acids is 2. The third-order valence-electron chi connectivity index (χ3n) is 3.41. The minimum atomic E-state index is -0.629. The number of thioether (sulfide) groups is 1. The summed E-state index contributed by atoms with van der Waals surface area (Å²) in [6, 6.07) is 10.5. The number of nitrogens with zero attached hydrogens (tertiary/aromatic N) is 1. The second-order valence-corrected chi connectivity index (χ2v) is 5.96. The van der Waals surface area contributed by atoms with Crippen molar-refractivity contribution in [2.45, 2.75) is 12.5 Å². The molecule has 0 fully saturated rings. The lowest BCUT2D eigenvalue weighted by atomic mass is 10.1. The number of amides is 1. The number of carbonyl (C=O) groups is 2. The number of hydrogen-bond acceptors (Lipinski definition) is 4. The molecule has 1 aromatic heterocycles. The zero-order chi connectivity index (χ0) is 16.7. The maximum absolute atomic E-state index is 12.4. The van der Waals surface area contributed by atoms with E-state index in [9.17, 15) is 9.59 Å². The monoisotopic (exact) mass is 332 g/mol. The Labute approximate surface area is 140 Å². The molecule has 0 radical (unpaired) electrons. The summed E-state index contributed by atoms with van der Waals surface area (Å²) in [4.78, 5) is 24.2. The zero-order valence-electron chi connectivity index (χ0n) is 13.2. The predicted molar refractivity (Wildman–Crippen MR) is 92.0 cm³/mol.